The van der Waals surface area contributed by atoms with Crippen LogP contribution < -0.4 is 9.47 Å². The second kappa shape index (κ2) is 8.00. The molecule has 0 amide bonds. The Morgan fingerprint density at radius 2 is 1.78 bits per heavy atom. The minimum Gasteiger partial charge on any atom is -0.507 e. The number of hydrogen-bond acceptors (Lipinski definition) is 5. The number of allylic oxidation sites excluding steroid dienone is 1. The first kappa shape index (κ1) is 16.6. The monoisotopic (exact) mass is 314 g/mol. The summed E-state index contributed by atoms with van der Waals surface area (Å²) in [5.74, 6) is 0.782. The smallest absolute Gasteiger partial charge is 0.189 e. The Morgan fingerprint density at radius 3 is 2.39 bits per heavy atom. The number of hydrogen-bond donors (Lipinski definition) is 1. The number of carbonyl (C=O) groups excluding carboxylic acids is 1. The SMILES string of the molecule is COCOc1ccc(/C=C/C(=O)c2ccc(OC)cc2O)cc1. The van der Waals surface area contributed by atoms with E-state index in [1.54, 1.807) is 31.4 Å². The highest BCUT2D eigenvalue weighted by molar-refractivity contribution is 6.08. The molecule has 0 spiro atoms. The molecule has 0 radical (unpaired) electrons. The largest absolute Gasteiger partial charge is 0.507 e. The fourth-order valence-corrected chi connectivity index (χ4v) is 1.91. The Bertz CT molecular complexity index is 689. The van der Waals surface area contributed by atoms with Crippen LogP contribution in [0.25, 0.3) is 6.08 Å². The number of ether oxygens (including phenoxy) is 3. The molecule has 5 nitrogen and oxygen atoms in total. The standard InChI is InChI=1S/C18H18O5/c1-21-12-23-14-6-3-13(4-7-14)5-10-17(19)16-9-8-15(22-2)11-18(16)20/h3-11,20H,12H2,1-2H3/b10-5+. The number of benzene rings is 2. The predicted molar refractivity (Wildman–Crippen MR) is 87.0 cm³/mol. The summed E-state index contributed by atoms with van der Waals surface area (Å²) in [5.41, 5.74) is 1.07. The molecular weight excluding hydrogens is 296 g/mol. The highest BCUT2D eigenvalue weighted by atomic mass is 16.7. The Hall–Kier alpha value is -2.79. The van der Waals surface area contributed by atoms with Crippen LogP contribution in [0.4, 0.5) is 0 Å². The van der Waals surface area contributed by atoms with Gasteiger partial charge >= 0.3 is 0 Å². The molecule has 0 unspecified atom stereocenters. The molecule has 2 rings (SSSR count). The van der Waals surface area contributed by atoms with Gasteiger partial charge in [-0.3, -0.25) is 4.79 Å². The minimum atomic E-state index is -0.287. The maximum atomic E-state index is 12.1. The van der Waals surface area contributed by atoms with E-state index in [0.29, 0.717) is 11.5 Å². The first-order valence-electron chi connectivity index (χ1n) is 6.95. The van der Waals surface area contributed by atoms with Crippen LogP contribution in [0.3, 0.4) is 0 Å². The summed E-state index contributed by atoms with van der Waals surface area (Å²) in [6.45, 7) is 0.185. The summed E-state index contributed by atoms with van der Waals surface area (Å²) < 4.78 is 15.1. The molecule has 1 N–H and O–H groups in total. The van der Waals surface area contributed by atoms with Crippen molar-refractivity contribution in [3.05, 3.63) is 59.7 Å². The second-order valence-corrected chi connectivity index (χ2v) is 4.70. The van der Waals surface area contributed by atoms with E-state index in [4.69, 9.17) is 14.2 Å². The van der Waals surface area contributed by atoms with Crippen LogP contribution >= 0.6 is 0 Å². The number of aromatic hydroxyl groups is 1. The van der Waals surface area contributed by atoms with Gasteiger partial charge < -0.3 is 19.3 Å². The topological polar surface area (TPSA) is 65.0 Å². The van der Waals surface area contributed by atoms with E-state index < -0.39 is 0 Å². The number of methoxy groups -OCH3 is 2. The molecule has 5 heteroatoms. The van der Waals surface area contributed by atoms with Gasteiger partial charge in [-0.2, -0.15) is 0 Å². The molecule has 2 aromatic carbocycles. The van der Waals surface area contributed by atoms with Gasteiger partial charge in [0, 0.05) is 13.2 Å². The molecule has 23 heavy (non-hydrogen) atoms. The molecule has 0 aliphatic rings. The summed E-state index contributed by atoms with van der Waals surface area (Å²) >= 11 is 0. The van der Waals surface area contributed by atoms with Crippen molar-refractivity contribution >= 4 is 11.9 Å². The van der Waals surface area contributed by atoms with Gasteiger partial charge in [0.25, 0.3) is 0 Å². The first-order valence-corrected chi connectivity index (χ1v) is 6.95. The molecule has 0 aliphatic carbocycles. The Balaban J connectivity index is 2.06. The molecule has 0 aromatic heterocycles. The van der Waals surface area contributed by atoms with Crippen molar-refractivity contribution in [2.24, 2.45) is 0 Å². The average molecular weight is 314 g/mol. The Morgan fingerprint density at radius 1 is 1.09 bits per heavy atom. The van der Waals surface area contributed by atoms with Gasteiger partial charge in [0.1, 0.15) is 17.2 Å². The lowest BCUT2D eigenvalue weighted by Crippen LogP contribution is -1.98. The molecule has 0 aliphatic heterocycles. The number of ketones is 1. The van der Waals surface area contributed by atoms with Crippen molar-refractivity contribution < 1.29 is 24.1 Å². The molecular formula is C18H18O5. The maximum absolute atomic E-state index is 12.1. The number of phenolic OH excluding ortho intramolecular Hbond substituents is 1. The first-order chi connectivity index (χ1) is 11.1. The third kappa shape index (κ3) is 4.59. The number of rotatable bonds is 7. The van der Waals surface area contributed by atoms with E-state index in [2.05, 4.69) is 0 Å². The molecule has 0 atom stereocenters. The second-order valence-electron chi connectivity index (χ2n) is 4.70. The fourth-order valence-electron chi connectivity index (χ4n) is 1.91. The van der Waals surface area contributed by atoms with E-state index in [1.807, 2.05) is 12.1 Å². The zero-order valence-electron chi connectivity index (χ0n) is 13.0. The van der Waals surface area contributed by atoms with E-state index in [-0.39, 0.29) is 23.9 Å². The van der Waals surface area contributed by atoms with Crippen molar-refractivity contribution in [3.8, 4) is 17.2 Å². The molecule has 0 saturated heterocycles. The quantitative estimate of drug-likeness (QED) is 0.483. The van der Waals surface area contributed by atoms with Crippen molar-refractivity contribution in [2.75, 3.05) is 21.0 Å². The van der Waals surface area contributed by atoms with Crippen LogP contribution in [0.2, 0.25) is 0 Å². The van der Waals surface area contributed by atoms with Crippen LogP contribution in [-0.2, 0) is 4.74 Å². The van der Waals surface area contributed by atoms with E-state index in [9.17, 15) is 9.90 Å². The molecule has 0 bridgehead atoms. The van der Waals surface area contributed by atoms with Crippen LogP contribution in [0.5, 0.6) is 17.2 Å². The van der Waals surface area contributed by atoms with E-state index in [0.717, 1.165) is 5.56 Å². The van der Waals surface area contributed by atoms with Crippen LogP contribution in [0.15, 0.2) is 48.5 Å². The summed E-state index contributed by atoms with van der Waals surface area (Å²) in [6, 6.07) is 11.8. The molecule has 0 fully saturated rings. The lowest BCUT2D eigenvalue weighted by molar-refractivity contribution is 0.0511. The van der Waals surface area contributed by atoms with Gasteiger partial charge in [-0.25, -0.2) is 0 Å². The van der Waals surface area contributed by atoms with Crippen LogP contribution in [0, 0.1) is 0 Å². The molecule has 120 valence electrons. The summed E-state index contributed by atoms with van der Waals surface area (Å²) in [6.07, 6.45) is 3.08. The van der Waals surface area contributed by atoms with Crippen molar-refractivity contribution in [1.82, 2.24) is 0 Å². The van der Waals surface area contributed by atoms with Gasteiger partial charge in [-0.15, -0.1) is 0 Å². The normalized spacial score (nSPS) is 10.7. The minimum absolute atomic E-state index is 0.109. The maximum Gasteiger partial charge on any atom is 0.189 e. The summed E-state index contributed by atoms with van der Waals surface area (Å²) in [5, 5.41) is 9.85. The average Bonchev–Trinajstić information content (AvgIpc) is 2.58. The highest BCUT2D eigenvalue weighted by Crippen LogP contribution is 2.24. The van der Waals surface area contributed by atoms with Crippen LogP contribution in [-0.4, -0.2) is 31.9 Å². The highest BCUT2D eigenvalue weighted by Gasteiger charge is 2.09. The van der Waals surface area contributed by atoms with Crippen molar-refractivity contribution in [1.29, 1.82) is 0 Å². The molecule has 0 heterocycles. The zero-order valence-corrected chi connectivity index (χ0v) is 13.0. The van der Waals surface area contributed by atoms with Gasteiger partial charge in [0.05, 0.1) is 12.7 Å². The van der Waals surface area contributed by atoms with Gasteiger partial charge in [0.2, 0.25) is 0 Å². The lowest BCUT2D eigenvalue weighted by Gasteiger charge is -2.05. The van der Waals surface area contributed by atoms with E-state index in [1.165, 1.54) is 25.3 Å². The van der Waals surface area contributed by atoms with Gasteiger partial charge in [-0.1, -0.05) is 18.2 Å². The molecule has 2 aromatic rings. The predicted octanol–water partition coefficient (Wildman–Crippen LogP) is 3.28. The van der Waals surface area contributed by atoms with Crippen molar-refractivity contribution in [2.45, 2.75) is 0 Å². The zero-order chi connectivity index (χ0) is 16.7. The van der Waals surface area contributed by atoms with Crippen molar-refractivity contribution in [3.63, 3.8) is 0 Å². The third-order valence-corrected chi connectivity index (χ3v) is 3.12. The Kier molecular flexibility index (Phi) is 5.77. The van der Waals surface area contributed by atoms with Gasteiger partial charge in [0.15, 0.2) is 12.6 Å². The Labute approximate surface area is 134 Å². The summed E-state index contributed by atoms with van der Waals surface area (Å²) in [7, 11) is 3.05. The summed E-state index contributed by atoms with van der Waals surface area (Å²) in [4.78, 5) is 12.1. The van der Waals surface area contributed by atoms with Gasteiger partial charge in [-0.05, 0) is 35.9 Å². The molecule has 0 saturated carbocycles. The van der Waals surface area contributed by atoms with E-state index >= 15 is 0 Å². The lowest BCUT2D eigenvalue weighted by atomic mass is 10.1. The third-order valence-electron chi connectivity index (χ3n) is 3.12. The number of phenols is 1. The van der Waals surface area contributed by atoms with Crippen LogP contribution in [0.1, 0.15) is 15.9 Å². The number of carbonyl (C=O) groups is 1. The fraction of sp³-hybridized carbons (Fsp3) is 0.167.